The molecule has 2 aromatic heterocycles. The lowest BCUT2D eigenvalue weighted by atomic mass is 10.0. The molecule has 0 saturated heterocycles. The number of aromatic nitrogens is 1. The molecule has 4 rings (SSSR count). The van der Waals surface area contributed by atoms with Crippen LogP contribution >= 0.6 is 11.3 Å². The van der Waals surface area contributed by atoms with Crippen LogP contribution < -0.4 is 4.72 Å². The van der Waals surface area contributed by atoms with E-state index in [4.69, 9.17) is 0 Å². The first-order chi connectivity index (χ1) is 11.9. The minimum Gasteiger partial charge on any atom is -0.353 e. The number of aryl methyl sites for hydroxylation is 3. The van der Waals surface area contributed by atoms with Crippen LogP contribution in [0.5, 0.6) is 0 Å². The van der Waals surface area contributed by atoms with E-state index in [1.807, 2.05) is 25.1 Å². The molecule has 0 aliphatic heterocycles. The van der Waals surface area contributed by atoms with E-state index < -0.39 is 10.0 Å². The number of nitrogens with one attached hydrogen (secondary N) is 2. The van der Waals surface area contributed by atoms with Gasteiger partial charge in [0.1, 0.15) is 4.21 Å². The summed E-state index contributed by atoms with van der Waals surface area (Å²) in [5.41, 5.74) is 4.74. The van der Waals surface area contributed by atoms with Crippen LogP contribution in [0.2, 0.25) is 0 Å². The van der Waals surface area contributed by atoms with E-state index in [1.54, 1.807) is 12.1 Å². The summed E-state index contributed by atoms with van der Waals surface area (Å²) >= 11 is 1.27. The Hall–Kier alpha value is -2.31. The van der Waals surface area contributed by atoms with Gasteiger partial charge in [0.05, 0.1) is 11.2 Å². The maximum atomic E-state index is 12.7. The van der Waals surface area contributed by atoms with Gasteiger partial charge >= 0.3 is 0 Å². The molecule has 0 saturated carbocycles. The Labute approximate surface area is 150 Å². The van der Waals surface area contributed by atoms with Gasteiger partial charge in [-0.05, 0) is 50.1 Å². The van der Waals surface area contributed by atoms with Crippen LogP contribution in [0.15, 0.2) is 46.7 Å². The predicted octanol–water partition coefficient (Wildman–Crippen LogP) is 5.11. The first-order valence-electron chi connectivity index (χ1n) is 7.97. The van der Waals surface area contributed by atoms with Gasteiger partial charge in [0.25, 0.3) is 10.0 Å². The van der Waals surface area contributed by atoms with Crippen molar-refractivity contribution in [3.63, 3.8) is 0 Å². The maximum Gasteiger partial charge on any atom is 0.271 e. The zero-order valence-electron chi connectivity index (χ0n) is 14.2. The second-order valence-electron chi connectivity index (χ2n) is 6.27. The van der Waals surface area contributed by atoms with E-state index in [2.05, 4.69) is 35.7 Å². The quantitative estimate of drug-likeness (QED) is 0.526. The second kappa shape index (κ2) is 5.61. The monoisotopic (exact) mass is 370 g/mol. The molecule has 0 atom stereocenters. The molecule has 0 bridgehead atoms. The predicted molar refractivity (Wildman–Crippen MR) is 105 cm³/mol. The van der Waals surface area contributed by atoms with E-state index in [0.717, 1.165) is 32.2 Å². The van der Waals surface area contributed by atoms with Crippen LogP contribution in [0.3, 0.4) is 0 Å². The second-order valence-corrected chi connectivity index (χ2v) is 9.47. The number of H-pyrrole nitrogens is 1. The average molecular weight is 370 g/mol. The third kappa shape index (κ3) is 2.62. The fourth-order valence-corrected chi connectivity index (χ4v) is 5.53. The summed E-state index contributed by atoms with van der Waals surface area (Å²) in [6.45, 7) is 6.02. The van der Waals surface area contributed by atoms with E-state index in [0.29, 0.717) is 9.90 Å². The molecule has 4 aromatic rings. The lowest BCUT2D eigenvalue weighted by Gasteiger charge is -2.07. The Morgan fingerprint density at radius 1 is 0.920 bits per heavy atom. The lowest BCUT2D eigenvalue weighted by Crippen LogP contribution is -2.11. The van der Waals surface area contributed by atoms with Crippen LogP contribution in [0, 0.1) is 20.8 Å². The number of thiophene rings is 1. The molecule has 2 heterocycles. The van der Waals surface area contributed by atoms with Gasteiger partial charge in [-0.15, -0.1) is 11.3 Å². The number of sulfonamides is 1. The van der Waals surface area contributed by atoms with Crippen LogP contribution in [0.25, 0.3) is 21.8 Å². The molecule has 0 amide bonds. The Bertz CT molecular complexity index is 1220. The van der Waals surface area contributed by atoms with Crippen molar-refractivity contribution in [2.24, 2.45) is 0 Å². The highest BCUT2D eigenvalue weighted by Gasteiger charge is 2.19. The van der Waals surface area contributed by atoms with Crippen molar-refractivity contribution in [1.29, 1.82) is 0 Å². The highest BCUT2D eigenvalue weighted by molar-refractivity contribution is 7.94. The Morgan fingerprint density at radius 2 is 1.68 bits per heavy atom. The fourth-order valence-electron chi connectivity index (χ4n) is 3.18. The number of fused-ring (bicyclic) bond motifs is 3. The number of rotatable bonds is 3. The summed E-state index contributed by atoms with van der Waals surface area (Å²) in [5, 5.41) is 2.17. The topological polar surface area (TPSA) is 62.0 Å². The third-order valence-electron chi connectivity index (χ3n) is 4.43. The highest BCUT2D eigenvalue weighted by Crippen LogP contribution is 2.35. The number of hydrogen-bond donors (Lipinski definition) is 2. The SMILES string of the molecule is Cc1ccc(S(=O)(=O)Nc2cccc3c2[nH]c2c(C)ccc(C)c23)s1. The fraction of sp³-hybridized carbons (Fsp3) is 0.158. The van der Waals surface area contributed by atoms with Crippen molar-refractivity contribution < 1.29 is 8.42 Å². The molecular weight excluding hydrogens is 352 g/mol. The molecule has 4 nitrogen and oxygen atoms in total. The standard InChI is InChI=1S/C19H18N2O2S2/c1-11-7-8-12(2)18-17(11)14-5-4-6-15(19(14)20-18)21-25(22,23)16-10-9-13(3)24-16/h4-10,20-21H,1-3H3. The van der Waals surface area contributed by atoms with Crippen molar-refractivity contribution in [3.05, 3.63) is 58.5 Å². The van der Waals surface area contributed by atoms with E-state index >= 15 is 0 Å². The first kappa shape index (κ1) is 16.2. The van der Waals surface area contributed by atoms with Gasteiger partial charge < -0.3 is 4.98 Å². The summed E-state index contributed by atoms with van der Waals surface area (Å²) in [7, 11) is -3.59. The minimum atomic E-state index is -3.59. The molecule has 0 unspecified atom stereocenters. The van der Waals surface area contributed by atoms with Gasteiger partial charge in [0.15, 0.2) is 0 Å². The van der Waals surface area contributed by atoms with Crippen molar-refractivity contribution in [2.75, 3.05) is 4.72 Å². The van der Waals surface area contributed by atoms with Gasteiger partial charge in [-0.25, -0.2) is 8.42 Å². The Balaban J connectivity index is 1.91. The van der Waals surface area contributed by atoms with Gasteiger partial charge in [-0.2, -0.15) is 0 Å². The van der Waals surface area contributed by atoms with Crippen molar-refractivity contribution in [2.45, 2.75) is 25.0 Å². The Morgan fingerprint density at radius 3 is 2.40 bits per heavy atom. The molecular formula is C19H18N2O2S2. The number of para-hydroxylation sites is 1. The average Bonchev–Trinajstić information content (AvgIpc) is 3.16. The normalized spacial score (nSPS) is 12.1. The first-order valence-corrected chi connectivity index (χ1v) is 10.3. The van der Waals surface area contributed by atoms with Crippen molar-refractivity contribution >= 4 is 48.9 Å². The largest absolute Gasteiger partial charge is 0.353 e. The third-order valence-corrected chi connectivity index (χ3v) is 7.29. The van der Waals surface area contributed by atoms with Crippen LogP contribution in [-0.2, 0) is 10.0 Å². The zero-order chi connectivity index (χ0) is 17.8. The highest BCUT2D eigenvalue weighted by atomic mass is 32.2. The van der Waals surface area contributed by atoms with Gasteiger partial charge in [-0.1, -0.05) is 24.3 Å². The van der Waals surface area contributed by atoms with Crippen LogP contribution in [0.4, 0.5) is 5.69 Å². The van der Waals surface area contributed by atoms with Gasteiger partial charge in [0, 0.05) is 21.2 Å². The number of benzene rings is 2. The lowest BCUT2D eigenvalue weighted by molar-refractivity contribution is 0.603. The molecule has 25 heavy (non-hydrogen) atoms. The molecule has 0 radical (unpaired) electrons. The van der Waals surface area contributed by atoms with E-state index in [1.165, 1.54) is 16.9 Å². The van der Waals surface area contributed by atoms with Crippen molar-refractivity contribution in [1.82, 2.24) is 4.98 Å². The molecule has 128 valence electrons. The number of hydrogen-bond acceptors (Lipinski definition) is 3. The maximum absolute atomic E-state index is 12.7. The summed E-state index contributed by atoms with van der Waals surface area (Å²) in [5.74, 6) is 0. The minimum absolute atomic E-state index is 0.325. The molecule has 2 N–H and O–H groups in total. The Kier molecular flexibility index (Phi) is 3.63. The van der Waals surface area contributed by atoms with Gasteiger partial charge in [-0.3, -0.25) is 4.72 Å². The zero-order valence-corrected chi connectivity index (χ0v) is 15.8. The molecule has 0 aliphatic rings. The summed E-state index contributed by atoms with van der Waals surface area (Å²) in [6.07, 6.45) is 0. The molecule has 6 heteroatoms. The number of anilines is 1. The summed E-state index contributed by atoms with van der Waals surface area (Å²) in [6, 6.07) is 13.3. The molecule has 0 spiro atoms. The van der Waals surface area contributed by atoms with Crippen LogP contribution in [-0.4, -0.2) is 13.4 Å². The summed E-state index contributed by atoms with van der Waals surface area (Å²) in [4.78, 5) is 4.38. The van der Waals surface area contributed by atoms with E-state index in [-0.39, 0.29) is 0 Å². The van der Waals surface area contributed by atoms with Gasteiger partial charge in [0.2, 0.25) is 0 Å². The molecule has 0 fully saturated rings. The van der Waals surface area contributed by atoms with Crippen LogP contribution in [0.1, 0.15) is 16.0 Å². The summed E-state index contributed by atoms with van der Waals surface area (Å²) < 4.78 is 28.5. The van der Waals surface area contributed by atoms with Crippen molar-refractivity contribution in [3.8, 4) is 0 Å². The smallest absolute Gasteiger partial charge is 0.271 e. The molecule has 0 aliphatic carbocycles. The number of aromatic amines is 1. The van der Waals surface area contributed by atoms with E-state index in [9.17, 15) is 8.42 Å². The molecule has 2 aromatic carbocycles.